The maximum Gasteiger partial charge on any atom is 0.123 e. The van der Waals surface area contributed by atoms with Gasteiger partial charge in [0.2, 0.25) is 0 Å². The number of ether oxygens (including phenoxy) is 3. The second-order valence-electron chi connectivity index (χ2n) is 6.83. The van der Waals surface area contributed by atoms with Crippen molar-refractivity contribution in [3.63, 3.8) is 0 Å². The molecule has 0 saturated carbocycles. The summed E-state index contributed by atoms with van der Waals surface area (Å²) >= 11 is 0. The molecule has 0 spiro atoms. The molecule has 0 bridgehead atoms. The molecule has 142 valence electrons. The number of rotatable bonds is 10. The van der Waals surface area contributed by atoms with Crippen LogP contribution in [0, 0.1) is 6.92 Å². The van der Waals surface area contributed by atoms with Gasteiger partial charge in [-0.3, -0.25) is 4.90 Å². The van der Waals surface area contributed by atoms with E-state index in [-0.39, 0.29) is 0 Å². The average molecular weight is 357 g/mol. The number of aryl methyl sites for hydroxylation is 1. The molecule has 0 aromatic heterocycles. The van der Waals surface area contributed by atoms with Crippen LogP contribution in [0.2, 0.25) is 0 Å². The Morgan fingerprint density at radius 3 is 2.19 bits per heavy atom. The van der Waals surface area contributed by atoms with E-state index < -0.39 is 0 Å². The van der Waals surface area contributed by atoms with E-state index in [0.29, 0.717) is 19.1 Å². The van der Waals surface area contributed by atoms with Crippen LogP contribution in [-0.4, -0.2) is 45.4 Å². The Bertz CT molecular complexity index is 671. The summed E-state index contributed by atoms with van der Waals surface area (Å²) in [5, 5.41) is 0. The van der Waals surface area contributed by atoms with Crippen LogP contribution >= 0.6 is 0 Å². The fourth-order valence-corrected chi connectivity index (χ4v) is 2.73. The highest BCUT2D eigenvalue weighted by atomic mass is 16.5. The minimum Gasteiger partial charge on any atom is -0.496 e. The molecule has 0 amide bonds. The summed E-state index contributed by atoms with van der Waals surface area (Å²) < 4.78 is 17.2. The quantitative estimate of drug-likeness (QED) is 0.626. The van der Waals surface area contributed by atoms with Crippen molar-refractivity contribution in [2.75, 3.05) is 40.5 Å². The van der Waals surface area contributed by atoms with Crippen molar-refractivity contribution >= 4 is 0 Å². The van der Waals surface area contributed by atoms with E-state index in [0.717, 1.165) is 35.9 Å². The molecule has 0 unspecified atom stereocenters. The van der Waals surface area contributed by atoms with Gasteiger partial charge in [0.25, 0.3) is 0 Å². The van der Waals surface area contributed by atoms with Gasteiger partial charge in [-0.25, -0.2) is 0 Å². The second kappa shape index (κ2) is 10.1. The highest BCUT2D eigenvalue weighted by molar-refractivity contribution is 5.47. The molecule has 0 saturated heterocycles. The number of methoxy groups -OCH3 is 1. The van der Waals surface area contributed by atoms with Crippen LogP contribution in [0.4, 0.5) is 0 Å². The summed E-state index contributed by atoms with van der Waals surface area (Å²) in [4.78, 5) is 2.22. The second-order valence-corrected chi connectivity index (χ2v) is 6.83. The minimum absolute atomic E-state index is 0.386. The van der Waals surface area contributed by atoms with Crippen molar-refractivity contribution in [2.24, 2.45) is 0 Å². The van der Waals surface area contributed by atoms with Crippen molar-refractivity contribution in [3.05, 3.63) is 53.6 Å². The molecule has 2 aromatic carbocycles. The molecule has 4 nitrogen and oxygen atoms in total. The third-order valence-electron chi connectivity index (χ3n) is 4.36. The summed E-state index contributed by atoms with van der Waals surface area (Å²) in [6.07, 6.45) is 0. The van der Waals surface area contributed by atoms with Gasteiger partial charge in [-0.2, -0.15) is 0 Å². The average Bonchev–Trinajstić information content (AvgIpc) is 2.62. The van der Waals surface area contributed by atoms with Crippen LogP contribution in [0.15, 0.2) is 42.5 Å². The topological polar surface area (TPSA) is 30.9 Å². The first-order valence-corrected chi connectivity index (χ1v) is 9.19. The normalized spacial score (nSPS) is 11.0. The van der Waals surface area contributed by atoms with Gasteiger partial charge in [0, 0.05) is 18.7 Å². The SMILES string of the molecule is COc1cc(C(C)C)c(OCCN(C)CCOc2ccccc2)cc1C. The molecular weight excluding hydrogens is 326 g/mol. The predicted molar refractivity (Wildman–Crippen MR) is 107 cm³/mol. The zero-order valence-electron chi connectivity index (χ0n) is 16.6. The molecule has 2 aromatic rings. The zero-order valence-corrected chi connectivity index (χ0v) is 16.6. The van der Waals surface area contributed by atoms with Crippen LogP contribution in [-0.2, 0) is 0 Å². The molecule has 0 N–H and O–H groups in total. The Labute approximate surface area is 157 Å². The predicted octanol–water partition coefficient (Wildman–Crippen LogP) is 4.52. The standard InChI is InChI=1S/C22H31NO3/c1-17(2)20-16-21(24-5)18(3)15-22(20)26-14-12-23(4)11-13-25-19-9-7-6-8-10-19/h6-10,15-17H,11-14H2,1-5H3. The number of nitrogens with zero attached hydrogens (tertiary/aromatic N) is 1. The monoisotopic (exact) mass is 357 g/mol. The smallest absolute Gasteiger partial charge is 0.123 e. The molecule has 0 fully saturated rings. The van der Waals surface area contributed by atoms with Gasteiger partial charge in [0.05, 0.1) is 7.11 Å². The third-order valence-corrected chi connectivity index (χ3v) is 4.36. The van der Waals surface area contributed by atoms with E-state index in [2.05, 4.69) is 37.9 Å². The number of hydrogen-bond acceptors (Lipinski definition) is 4. The Kier molecular flexibility index (Phi) is 7.79. The highest BCUT2D eigenvalue weighted by Crippen LogP contribution is 2.33. The first-order chi connectivity index (χ1) is 12.5. The van der Waals surface area contributed by atoms with E-state index in [4.69, 9.17) is 14.2 Å². The summed E-state index contributed by atoms with van der Waals surface area (Å²) in [6, 6.07) is 14.1. The van der Waals surface area contributed by atoms with E-state index >= 15 is 0 Å². The van der Waals surface area contributed by atoms with E-state index in [1.165, 1.54) is 5.56 Å². The Morgan fingerprint density at radius 1 is 0.923 bits per heavy atom. The molecule has 0 atom stereocenters. The van der Waals surface area contributed by atoms with Crippen molar-refractivity contribution in [1.29, 1.82) is 0 Å². The van der Waals surface area contributed by atoms with E-state index in [1.807, 2.05) is 37.3 Å². The lowest BCUT2D eigenvalue weighted by Gasteiger charge is -2.20. The molecule has 2 rings (SSSR count). The fourth-order valence-electron chi connectivity index (χ4n) is 2.73. The largest absolute Gasteiger partial charge is 0.496 e. The third kappa shape index (κ3) is 5.95. The molecular formula is C22H31NO3. The first-order valence-electron chi connectivity index (χ1n) is 9.19. The number of likely N-dealkylation sites (N-methyl/N-ethyl adjacent to an activating group) is 1. The molecule has 0 aliphatic rings. The van der Waals surface area contributed by atoms with Gasteiger partial charge in [0.1, 0.15) is 30.5 Å². The number of hydrogen-bond donors (Lipinski definition) is 0. The lowest BCUT2D eigenvalue weighted by molar-refractivity contribution is 0.201. The summed E-state index contributed by atoms with van der Waals surface area (Å²) in [5.41, 5.74) is 2.28. The lowest BCUT2D eigenvalue weighted by atomic mass is 10.00. The van der Waals surface area contributed by atoms with Crippen molar-refractivity contribution in [2.45, 2.75) is 26.7 Å². The van der Waals surface area contributed by atoms with Crippen LogP contribution < -0.4 is 14.2 Å². The van der Waals surface area contributed by atoms with Crippen molar-refractivity contribution in [3.8, 4) is 17.2 Å². The molecule has 4 heteroatoms. The Morgan fingerprint density at radius 2 is 1.58 bits per heavy atom. The summed E-state index contributed by atoms with van der Waals surface area (Å²) in [5.74, 6) is 3.16. The first kappa shape index (κ1) is 20.1. The maximum atomic E-state index is 6.08. The van der Waals surface area contributed by atoms with E-state index in [9.17, 15) is 0 Å². The van der Waals surface area contributed by atoms with Crippen LogP contribution in [0.5, 0.6) is 17.2 Å². The highest BCUT2D eigenvalue weighted by Gasteiger charge is 2.12. The van der Waals surface area contributed by atoms with Crippen LogP contribution in [0.3, 0.4) is 0 Å². The zero-order chi connectivity index (χ0) is 18.9. The fraction of sp³-hybridized carbons (Fsp3) is 0.455. The molecule has 0 aliphatic carbocycles. The molecule has 0 heterocycles. The van der Waals surface area contributed by atoms with Gasteiger partial charge >= 0.3 is 0 Å². The van der Waals surface area contributed by atoms with Gasteiger partial charge in [-0.1, -0.05) is 32.0 Å². The summed E-state index contributed by atoms with van der Waals surface area (Å²) in [7, 11) is 3.79. The van der Waals surface area contributed by atoms with Gasteiger partial charge in [-0.15, -0.1) is 0 Å². The Hall–Kier alpha value is -2.20. The van der Waals surface area contributed by atoms with E-state index in [1.54, 1.807) is 7.11 Å². The number of para-hydroxylation sites is 1. The maximum absolute atomic E-state index is 6.08. The molecule has 26 heavy (non-hydrogen) atoms. The molecule has 0 radical (unpaired) electrons. The van der Waals surface area contributed by atoms with Crippen LogP contribution in [0.25, 0.3) is 0 Å². The van der Waals surface area contributed by atoms with Gasteiger partial charge < -0.3 is 14.2 Å². The minimum atomic E-state index is 0.386. The molecule has 0 aliphatic heterocycles. The van der Waals surface area contributed by atoms with Crippen molar-refractivity contribution < 1.29 is 14.2 Å². The van der Waals surface area contributed by atoms with Crippen LogP contribution in [0.1, 0.15) is 30.9 Å². The number of benzene rings is 2. The van der Waals surface area contributed by atoms with Gasteiger partial charge in [-0.05, 0) is 49.7 Å². The van der Waals surface area contributed by atoms with Gasteiger partial charge in [0.15, 0.2) is 0 Å². The lowest BCUT2D eigenvalue weighted by Crippen LogP contribution is -2.28. The van der Waals surface area contributed by atoms with Crippen molar-refractivity contribution in [1.82, 2.24) is 4.90 Å². The summed E-state index contributed by atoms with van der Waals surface area (Å²) in [6.45, 7) is 9.40. The Balaban J connectivity index is 1.80.